The zero-order chi connectivity index (χ0) is 39.8. The molecule has 0 saturated heterocycles. The van der Waals surface area contributed by atoms with Crippen molar-refractivity contribution in [3.8, 4) is 79.2 Å². The van der Waals surface area contributed by atoms with Gasteiger partial charge in [0.2, 0.25) is 0 Å². The minimum atomic E-state index is 0.630. The summed E-state index contributed by atoms with van der Waals surface area (Å²) < 4.78 is 4.43. The van der Waals surface area contributed by atoms with E-state index in [4.69, 9.17) is 20.1 Å². The number of fused-ring (bicyclic) bond motifs is 3. The monoisotopic (exact) mass is 768 g/mol. The maximum atomic E-state index is 5.33. The lowest BCUT2D eigenvalue weighted by Crippen LogP contribution is -2.00. The smallest absolute Gasteiger partial charge is 0.164 e. The molecule has 0 aliphatic rings. The Labute approximate surface area is 347 Å². The van der Waals surface area contributed by atoms with Crippen LogP contribution in [-0.4, -0.2) is 29.3 Å². The van der Waals surface area contributed by atoms with Crippen LogP contribution in [0.25, 0.3) is 101 Å². The Kier molecular flexibility index (Phi) is 8.71. The number of rotatable bonds is 8. The van der Waals surface area contributed by atoms with Crippen molar-refractivity contribution in [1.82, 2.24) is 29.3 Å². The molecule has 6 nitrogen and oxygen atoms in total. The number of benzene rings is 8. The van der Waals surface area contributed by atoms with Crippen molar-refractivity contribution in [3.63, 3.8) is 0 Å². The quantitative estimate of drug-likeness (QED) is 0.154. The number of aromatic nitrogens is 6. The first kappa shape index (κ1) is 35.0. The molecule has 11 aromatic rings. The van der Waals surface area contributed by atoms with Crippen molar-refractivity contribution < 1.29 is 0 Å². The number of hydrogen-bond donors (Lipinski definition) is 0. The summed E-state index contributed by atoms with van der Waals surface area (Å²) in [5.74, 6) is 1.91. The van der Waals surface area contributed by atoms with Gasteiger partial charge in [0.05, 0.1) is 22.4 Å². The van der Waals surface area contributed by atoms with E-state index < -0.39 is 0 Å². The first-order valence-electron chi connectivity index (χ1n) is 20.1. The van der Waals surface area contributed by atoms with Crippen LogP contribution < -0.4 is 0 Å². The summed E-state index contributed by atoms with van der Waals surface area (Å²) in [6, 6.07) is 75.7. The van der Waals surface area contributed by atoms with Gasteiger partial charge in [-0.05, 0) is 54.1 Å². The van der Waals surface area contributed by atoms with Gasteiger partial charge in [-0.3, -0.25) is 0 Å². The SMILES string of the molecule is c1ccc(-c2nc(-c3ccccc3)nc(-c3ccc4c(c3)c3ccccc3n4-c3ccc(-c4c(-c5ccccc5)nn(-c5ccccc5)c4-c4ccccc4)cc3)n2)cc1. The van der Waals surface area contributed by atoms with Crippen LogP contribution in [0.4, 0.5) is 0 Å². The van der Waals surface area contributed by atoms with Gasteiger partial charge in [-0.2, -0.15) is 5.10 Å². The largest absolute Gasteiger partial charge is 0.309 e. The molecule has 0 atom stereocenters. The van der Waals surface area contributed by atoms with Crippen LogP contribution in [0.2, 0.25) is 0 Å². The molecule has 0 aliphatic heterocycles. The second-order valence-corrected chi connectivity index (χ2v) is 14.7. The van der Waals surface area contributed by atoms with Crippen LogP contribution in [0.5, 0.6) is 0 Å². The predicted octanol–water partition coefficient (Wildman–Crippen LogP) is 13.2. The molecular weight excluding hydrogens is 733 g/mol. The Morgan fingerprint density at radius 2 is 0.783 bits per heavy atom. The van der Waals surface area contributed by atoms with Gasteiger partial charge in [0.25, 0.3) is 0 Å². The fourth-order valence-corrected chi connectivity index (χ4v) is 8.21. The minimum Gasteiger partial charge on any atom is -0.309 e. The van der Waals surface area contributed by atoms with Crippen molar-refractivity contribution in [2.24, 2.45) is 0 Å². The van der Waals surface area contributed by atoms with Crippen LogP contribution in [0.3, 0.4) is 0 Å². The summed E-state index contributed by atoms with van der Waals surface area (Å²) in [6.07, 6.45) is 0. The molecule has 0 unspecified atom stereocenters. The molecule has 0 bridgehead atoms. The lowest BCUT2D eigenvalue weighted by atomic mass is 9.95. The molecule has 3 aromatic heterocycles. The molecule has 0 N–H and O–H groups in total. The van der Waals surface area contributed by atoms with Crippen molar-refractivity contribution in [2.45, 2.75) is 0 Å². The molecule has 0 fully saturated rings. The zero-order valence-electron chi connectivity index (χ0n) is 32.5. The molecular formula is C54H36N6. The Morgan fingerprint density at radius 3 is 1.38 bits per heavy atom. The van der Waals surface area contributed by atoms with Gasteiger partial charge in [-0.25, -0.2) is 19.6 Å². The maximum absolute atomic E-state index is 5.33. The standard InChI is InChI=1S/C54H36N6/c1-6-18-38(19-7-1)50-49(51(39-20-8-2-9-21-39)60(58-50)44-26-14-5-15-27-44)37-30-33-43(34-31-37)59-47-29-17-16-28-45(47)46-36-42(32-35-48(46)59)54-56-52(40-22-10-3-11-23-40)55-53(57-54)41-24-12-4-13-25-41/h1-36H. The van der Waals surface area contributed by atoms with Crippen LogP contribution in [0, 0.1) is 0 Å². The third kappa shape index (κ3) is 6.24. The molecule has 60 heavy (non-hydrogen) atoms. The normalized spacial score (nSPS) is 11.3. The zero-order valence-corrected chi connectivity index (χ0v) is 32.5. The second kappa shape index (κ2) is 14.9. The van der Waals surface area contributed by atoms with Crippen LogP contribution >= 0.6 is 0 Å². The fraction of sp³-hybridized carbons (Fsp3) is 0. The first-order chi connectivity index (χ1) is 29.8. The summed E-state index contributed by atoms with van der Waals surface area (Å²) in [4.78, 5) is 15.0. The Balaban J connectivity index is 1.06. The maximum Gasteiger partial charge on any atom is 0.164 e. The summed E-state index contributed by atoms with van der Waals surface area (Å²) >= 11 is 0. The molecule has 3 heterocycles. The highest BCUT2D eigenvalue weighted by Gasteiger charge is 2.24. The number of hydrogen-bond acceptors (Lipinski definition) is 4. The second-order valence-electron chi connectivity index (χ2n) is 14.7. The van der Waals surface area contributed by atoms with Crippen molar-refractivity contribution in [1.29, 1.82) is 0 Å². The summed E-state index contributed by atoms with van der Waals surface area (Å²) in [5, 5.41) is 7.61. The Hall–Kier alpha value is -8.22. The predicted molar refractivity (Wildman–Crippen MR) is 244 cm³/mol. The van der Waals surface area contributed by atoms with Gasteiger partial charge in [-0.1, -0.05) is 170 Å². The van der Waals surface area contributed by atoms with Crippen molar-refractivity contribution in [3.05, 3.63) is 218 Å². The summed E-state index contributed by atoms with van der Waals surface area (Å²) in [7, 11) is 0. The average Bonchev–Trinajstić information content (AvgIpc) is 3.90. The van der Waals surface area contributed by atoms with Crippen LogP contribution in [0.1, 0.15) is 0 Å². The van der Waals surface area contributed by atoms with E-state index in [0.717, 1.165) is 83.5 Å². The van der Waals surface area contributed by atoms with E-state index in [0.29, 0.717) is 17.5 Å². The van der Waals surface area contributed by atoms with E-state index in [-0.39, 0.29) is 0 Å². The molecule has 6 heteroatoms. The Morgan fingerprint density at radius 1 is 0.317 bits per heavy atom. The fourth-order valence-electron chi connectivity index (χ4n) is 8.21. The van der Waals surface area contributed by atoms with E-state index in [1.54, 1.807) is 0 Å². The van der Waals surface area contributed by atoms with Gasteiger partial charge in [0, 0.05) is 49.8 Å². The van der Waals surface area contributed by atoms with Crippen LogP contribution in [-0.2, 0) is 0 Å². The van der Waals surface area contributed by atoms with Gasteiger partial charge < -0.3 is 4.57 Å². The van der Waals surface area contributed by atoms with Crippen molar-refractivity contribution >= 4 is 21.8 Å². The third-order valence-corrected chi connectivity index (χ3v) is 11.0. The Bertz CT molecular complexity index is 3210. The van der Waals surface area contributed by atoms with Gasteiger partial charge >= 0.3 is 0 Å². The summed E-state index contributed by atoms with van der Waals surface area (Å²) in [5.41, 5.74) is 13.4. The number of para-hydroxylation sites is 2. The molecule has 8 aromatic carbocycles. The van der Waals surface area contributed by atoms with Gasteiger partial charge in [0.1, 0.15) is 5.69 Å². The highest BCUT2D eigenvalue weighted by molar-refractivity contribution is 6.10. The van der Waals surface area contributed by atoms with Crippen molar-refractivity contribution in [2.75, 3.05) is 0 Å². The number of nitrogens with zero attached hydrogens (tertiary/aromatic N) is 6. The molecule has 282 valence electrons. The molecule has 0 spiro atoms. The topological polar surface area (TPSA) is 61.4 Å². The first-order valence-corrected chi connectivity index (χ1v) is 20.1. The van der Waals surface area contributed by atoms with E-state index in [1.807, 2.05) is 72.8 Å². The molecule has 0 radical (unpaired) electrons. The molecule has 11 rings (SSSR count). The minimum absolute atomic E-state index is 0.630. The van der Waals surface area contributed by atoms with E-state index >= 15 is 0 Å². The molecule has 0 amide bonds. The summed E-state index contributed by atoms with van der Waals surface area (Å²) in [6.45, 7) is 0. The highest BCUT2D eigenvalue weighted by Crippen LogP contribution is 2.42. The van der Waals surface area contributed by atoms with Gasteiger partial charge in [0.15, 0.2) is 17.5 Å². The molecule has 0 saturated carbocycles. The van der Waals surface area contributed by atoms with Gasteiger partial charge in [-0.15, -0.1) is 0 Å². The lowest BCUT2D eigenvalue weighted by Gasteiger charge is -2.13. The average molecular weight is 769 g/mol. The van der Waals surface area contributed by atoms with Crippen LogP contribution in [0.15, 0.2) is 218 Å². The molecule has 0 aliphatic carbocycles. The third-order valence-electron chi connectivity index (χ3n) is 11.0. The highest BCUT2D eigenvalue weighted by atomic mass is 15.3. The van der Waals surface area contributed by atoms with E-state index in [1.165, 1.54) is 0 Å². The van der Waals surface area contributed by atoms with E-state index in [2.05, 4.69) is 155 Å². The lowest BCUT2D eigenvalue weighted by molar-refractivity contribution is 0.892. The van der Waals surface area contributed by atoms with E-state index in [9.17, 15) is 0 Å².